The van der Waals surface area contributed by atoms with Gasteiger partial charge in [-0.15, -0.1) is 0 Å². The van der Waals surface area contributed by atoms with Crippen LogP contribution in [0.1, 0.15) is 396 Å². The van der Waals surface area contributed by atoms with Crippen molar-refractivity contribution in [1.29, 1.82) is 0 Å². The summed E-state index contributed by atoms with van der Waals surface area (Å²) in [6.45, 7) is 14.1. The molecule has 0 unspecified atom stereocenters. The molecule has 0 heterocycles. The van der Waals surface area contributed by atoms with E-state index in [0.717, 1.165) is 77.0 Å². The molecule has 0 amide bonds. The van der Waals surface area contributed by atoms with E-state index in [-0.39, 0.29) is 102 Å². The minimum atomic E-state index is -0.909. The summed E-state index contributed by atoms with van der Waals surface area (Å²) in [5.74, 6) is -4.52. The first-order valence-corrected chi connectivity index (χ1v) is 35.0. The largest absolute Gasteiger partial charge is 2.00 e. The summed E-state index contributed by atoms with van der Waals surface area (Å²) < 4.78 is 10.7. The number of carbonyl (C=O) groups is 6. The van der Waals surface area contributed by atoms with Crippen molar-refractivity contribution in [2.24, 2.45) is 0 Å². The van der Waals surface area contributed by atoms with Crippen LogP contribution < -0.4 is 20.4 Å². The first kappa shape index (κ1) is 95.6. The molecule has 0 saturated heterocycles. The number of hydrogen-bond acceptors (Lipinski definition) is 12. The van der Waals surface area contributed by atoms with Gasteiger partial charge >= 0.3 is 88.1 Å². The molecule has 1 aromatic carbocycles. The van der Waals surface area contributed by atoms with E-state index in [1.54, 1.807) is 24.3 Å². The third-order valence-electron chi connectivity index (χ3n) is 14.8. The summed E-state index contributed by atoms with van der Waals surface area (Å²) in [5.41, 5.74) is 0.586. The first-order valence-electron chi connectivity index (χ1n) is 35.0. The third-order valence-corrected chi connectivity index (χ3v) is 14.8. The minimum Gasteiger partial charge on any atom is -0.550 e. The Morgan fingerprint density at radius 1 is 0.267 bits per heavy atom. The average Bonchev–Trinajstić information content (AvgIpc) is 3.47. The van der Waals surface area contributed by atoms with Crippen LogP contribution in [0.5, 0.6) is 0 Å². The molecule has 14 heteroatoms. The summed E-state index contributed by atoms with van der Waals surface area (Å²) in [5, 5.41) is 40.4. The molecule has 0 saturated carbocycles. The number of esters is 2. The smallest absolute Gasteiger partial charge is 0.550 e. The van der Waals surface area contributed by atoms with Crippen molar-refractivity contribution in [3.05, 3.63) is 35.4 Å². The molecule has 0 aromatic heterocycles. The molecule has 0 N–H and O–H groups in total. The van der Waals surface area contributed by atoms with E-state index in [4.69, 9.17) is 9.47 Å². The Bertz CT molecular complexity index is 1400. The minimum absolute atomic E-state index is 0. The number of carbonyl (C=O) groups excluding carboxylic acids is 6. The van der Waals surface area contributed by atoms with Crippen LogP contribution in [-0.2, 0) is 56.0 Å². The van der Waals surface area contributed by atoms with Gasteiger partial charge in [-0.1, -0.05) is 323 Å². The summed E-state index contributed by atoms with van der Waals surface area (Å²) >= 11 is 0. The molecule has 0 bridgehead atoms. The zero-order valence-electron chi connectivity index (χ0n) is 56.8. The maximum Gasteiger partial charge on any atom is 2.00 e. The van der Waals surface area contributed by atoms with Crippen LogP contribution in [0, 0.1) is 0 Å². The molecule has 0 aliphatic heterocycles. The number of unbranched alkanes of at least 4 members (excludes halogenated alkanes) is 42. The number of carboxylic acid groups (broad SMARTS) is 4. The Hall–Kier alpha value is -1.47. The molecule has 0 radical (unpaired) electrons. The Morgan fingerprint density at radius 3 is 0.581 bits per heavy atom. The topological polar surface area (TPSA) is 213 Å². The standard InChI is InChI=1S/C24H38O4.4C12H24O2.Ba.Cd/c1-3-5-7-9-11-15-19-27-23(25)21-17-13-14-18-22(21)24(26)28-20-16-12-10-8-6-4-2;4*1-2-3-4-5-6-7-8-9-10-11-12(13)14;;/h13-14,17-18H,3-12,15-16,19-20H2,1-2H3;4*2-11H2,1H3,(H,13,14);;/q;;;;;2*+2/p-4. The van der Waals surface area contributed by atoms with Gasteiger partial charge in [-0.25, -0.2) is 9.59 Å². The fraction of sp³-hybridized carbons (Fsp3) is 0.833. The van der Waals surface area contributed by atoms with Gasteiger partial charge in [0.15, 0.2) is 0 Å². The maximum atomic E-state index is 12.4. The average molecular weight is 1440 g/mol. The second-order valence-electron chi connectivity index (χ2n) is 23.2. The molecule has 1 aromatic rings. The zero-order chi connectivity index (χ0) is 63.0. The van der Waals surface area contributed by atoms with Crippen LogP contribution in [-0.4, -0.2) is 97.9 Å². The van der Waals surface area contributed by atoms with Gasteiger partial charge in [-0.2, -0.15) is 0 Å². The van der Waals surface area contributed by atoms with E-state index < -0.39 is 35.8 Å². The van der Waals surface area contributed by atoms with Crippen LogP contribution in [0.15, 0.2) is 24.3 Å². The van der Waals surface area contributed by atoms with E-state index >= 15 is 0 Å². The van der Waals surface area contributed by atoms with Gasteiger partial charge in [0.05, 0.1) is 24.3 Å². The number of hydrogen-bond donors (Lipinski definition) is 0. The maximum absolute atomic E-state index is 12.4. The second-order valence-corrected chi connectivity index (χ2v) is 23.2. The van der Waals surface area contributed by atoms with Crippen molar-refractivity contribution in [1.82, 2.24) is 0 Å². The fourth-order valence-corrected chi connectivity index (χ4v) is 9.41. The van der Waals surface area contributed by atoms with Gasteiger partial charge in [-0.3, -0.25) is 0 Å². The predicted molar refractivity (Wildman–Crippen MR) is 347 cm³/mol. The van der Waals surface area contributed by atoms with Gasteiger partial charge in [-0.05, 0) is 76.3 Å². The molecule has 494 valence electrons. The predicted octanol–water partition coefficient (Wildman–Crippen LogP) is 17.0. The molecule has 0 aliphatic rings. The number of carboxylic acids is 4. The van der Waals surface area contributed by atoms with E-state index in [9.17, 15) is 49.2 Å². The van der Waals surface area contributed by atoms with Crippen LogP contribution in [0.25, 0.3) is 0 Å². The molecular weight excluding hydrogens is 1310 g/mol. The fourth-order valence-electron chi connectivity index (χ4n) is 9.41. The summed E-state index contributed by atoms with van der Waals surface area (Å²) in [7, 11) is 0. The third kappa shape index (κ3) is 86.7. The van der Waals surface area contributed by atoms with Gasteiger partial charge in [0.25, 0.3) is 0 Å². The molecule has 0 aliphatic carbocycles. The Labute approximate surface area is 589 Å². The zero-order valence-corrected chi connectivity index (χ0v) is 65.3. The van der Waals surface area contributed by atoms with Crippen molar-refractivity contribution in [2.75, 3.05) is 13.2 Å². The molecular formula is C72H130BaCdO12. The summed E-state index contributed by atoms with van der Waals surface area (Å²) in [6.07, 6.45) is 58.3. The van der Waals surface area contributed by atoms with Crippen LogP contribution in [0.3, 0.4) is 0 Å². The normalized spacial score (nSPS) is 10.2. The summed E-state index contributed by atoms with van der Waals surface area (Å²) in [6, 6.07) is 6.74. The van der Waals surface area contributed by atoms with Gasteiger partial charge in [0, 0.05) is 23.9 Å². The van der Waals surface area contributed by atoms with E-state index in [0.29, 0.717) is 24.3 Å². The van der Waals surface area contributed by atoms with E-state index in [1.165, 1.54) is 231 Å². The van der Waals surface area contributed by atoms with Gasteiger partial charge < -0.3 is 49.1 Å². The number of rotatable bonds is 56. The quantitative estimate of drug-likeness (QED) is 0.0338. The van der Waals surface area contributed by atoms with Crippen molar-refractivity contribution < 1.29 is 86.0 Å². The van der Waals surface area contributed by atoms with Gasteiger partial charge in [0.1, 0.15) is 0 Å². The number of aliphatic carboxylic acids is 4. The molecule has 86 heavy (non-hydrogen) atoms. The molecule has 12 nitrogen and oxygen atoms in total. The molecule has 0 spiro atoms. The van der Waals surface area contributed by atoms with Crippen molar-refractivity contribution in [2.45, 2.75) is 375 Å². The number of benzene rings is 1. The SMILES string of the molecule is CCCCCCCCCCCC(=O)[O-].CCCCCCCCCCCC(=O)[O-].CCCCCCCCCCCC(=O)[O-].CCCCCCCCCCCC(=O)[O-].CCCCCCCCOC(=O)c1ccccc1C(=O)OCCCCCCCC.[Ba+2].[Cd+2]. The monoisotopic (exact) mass is 1440 g/mol. The first-order chi connectivity index (χ1) is 40.8. The second kappa shape index (κ2) is 83.5. The summed E-state index contributed by atoms with van der Waals surface area (Å²) in [4.78, 5) is 65.1. The molecule has 0 atom stereocenters. The Kier molecular flexibility index (Phi) is 92.9. The van der Waals surface area contributed by atoms with Crippen LogP contribution in [0.4, 0.5) is 0 Å². The van der Waals surface area contributed by atoms with E-state index in [2.05, 4.69) is 41.5 Å². The van der Waals surface area contributed by atoms with E-state index in [1.807, 2.05) is 0 Å². The molecule has 1 rings (SSSR count). The van der Waals surface area contributed by atoms with Crippen molar-refractivity contribution in [3.63, 3.8) is 0 Å². The Balaban J connectivity index is -0.000000241. The van der Waals surface area contributed by atoms with Crippen molar-refractivity contribution >= 4 is 84.7 Å². The number of ether oxygens (including phenoxy) is 2. The van der Waals surface area contributed by atoms with Crippen LogP contribution >= 0.6 is 0 Å². The van der Waals surface area contributed by atoms with Crippen molar-refractivity contribution in [3.8, 4) is 0 Å². The van der Waals surface area contributed by atoms with Gasteiger partial charge in [0.2, 0.25) is 0 Å². The Morgan fingerprint density at radius 2 is 0.419 bits per heavy atom. The van der Waals surface area contributed by atoms with Crippen LogP contribution in [0.2, 0.25) is 0 Å². The molecule has 0 fully saturated rings.